The third kappa shape index (κ3) is 4.02. The van der Waals surface area contributed by atoms with Crippen molar-refractivity contribution in [3.63, 3.8) is 0 Å². The molecular weight excluding hydrogens is 401 g/mol. The van der Waals surface area contributed by atoms with Crippen LogP contribution in [0, 0.1) is 6.92 Å². The molecule has 1 N–H and O–H groups in total. The maximum Gasteiger partial charge on any atom is 0.417 e. The Morgan fingerprint density at radius 2 is 2.13 bits per heavy atom. The van der Waals surface area contributed by atoms with Crippen LogP contribution in [0.1, 0.15) is 42.8 Å². The summed E-state index contributed by atoms with van der Waals surface area (Å²) in [5.41, 5.74) is 0.272. The van der Waals surface area contributed by atoms with E-state index in [1.165, 1.54) is 10.5 Å². The Hall–Kier alpha value is -2.95. The van der Waals surface area contributed by atoms with Crippen molar-refractivity contribution in [2.75, 3.05) is 18.4 Å². The van der Waals surface area contributed by atoms with Crippen molar-refractivity contribution in [3.8, 4) is 0 Å². The largest absolute Gasteiger partial charge is 0.417 e. The average molecular weight is 422 g/mol. The highest BCUT2D eigenvalue weighted by molar-refractivity contribution is 5.93. The van der Waals surface area contributed by atoms with E-state index in [4.69, 9.17) is 4.52 Å². The molecule has 4 rings (SSSR count). The Labute approximate surface area is 170 Å². The van der Waals surface area contributed by atoms with E-state index >= 15 is 0 Å². The van der Waals surface area contributed by atoms with Gasteiger partial charge in [0.1, 0.15) is 5.82 Å². The van der Waals surface area contributed by atoms with Gasteiger partial charge >= 0.3 is 6.18 Å². The summed E-state index contributed by atoms with van der Waals surface area (Å²) in [4.78, 5) is 14.6. The first kappa shape index (κ1) is 20.3. The summed E-state index contributed by atoms with van der Waals surface area (Å²) in [6.07, 6.45) is -1.87. The molecule has 0 aliphatic carbocycles. The van der Waals surface area contributed by atoms with Gasteiger partial charge in [0.2, 0.25) is 11.8 Å². The maximum atomic E-state index is 13.1. The van der Waals surface area contributed by atoms with Crippen molar-refractivity contribution in [3.05, 3.63) is 41.5 Å². The van der Waals surface area contributed by atoms with Gasteiger partial charge in [-0.15, -0.1) is 10.2 Å². The maximum absolute atomic E-state index is 13.1. The van der Waals surface area contributed by atoms with Crippen molar-refractivity contribution >= 4 is 17.4 Å². The minimum atomic E-state index is -4.44. The van der Waals surface area contributed by atoms with Crippen LogP contribution >= 0.6 is 0 Å². The van der Waals surface area contributed by atoms with Crippen molar-refractivity contribution in [2.45, 2.75) is 44.8 Å². The molecule has 11 heteroatoms. The summed E-state index contributed by atoms with van der Waals surface area (Å²) in [5, 5.41) is 14.6. The summed E-state index contributed by atoms with van der Waals surface area (Å²) >= 11 is 0. The van der Waals surface area contributed by atoms with Crippen LogP contribution in [0.5, 0.6) is 0 Å². The van der Waals surface area contributed by atoms with Crippen LogP contribution in [0.2, 0.25) is 0 Å². The van der Waals surface area contributed by atoms with Gasteiger partial charge in [-0.05, 0) is 45.4 Å². The van der Waals surface area contributed by atoms with Crippen molar-refractivity contribution in [1.82, 2.24) is 24.7 Å². The predicted octanol–water partition coefficient (Wildman–Crippen LogP) is 3.25. The van der Waals surface area contributed by atoms with Gasteiger partial charge in [-0.1, -0.05) is 5.16 Å². The molecule has 8 nitrogen and oxygen atoms in total. The molecule has 0 saturated carbocycles. The quantitative estimate of drug-likeness (QED) is 0.694. The van der Waals surface area contributed by atoms with Gasteiger partial charge in [0.15, 0.2) is 5.65 Å². The Bertz CT molecular complexity index is 1060. The molecular formula is C19H21F3N6O2. The number of hydrogen-bond donors (Lipinski definition) is 1. The molecule has 2 atom stereocenters. The molecule has 0 bridgehead atoms. The highest BCUT2D eigenvalue weighted by Crippen LogP contribution is 2.31. The summed E-state index contributed by atoms with van der Waals surface area (Å²) in [6.45, 7) is 4.72. The topological polar surface area (TPSA) is 88.6 Å². The molecule has 4 heterocycles. The molecule has 0 radical (unpaired) electrons. The van der Waals surface area contributed by atoms with Crippen LogP contribution in [0.3, 0.4) is 0 Å². The normalized spacial score (nSPS) is 19.2. The third-order valence-electron chi connectivity index (χ3n) is 5.38. The Kier molecular flexibility index (Phi) is 5.22. The minimum Gasteiger partial charge on any atom is -0.338 e. The van der Waals surface area contributed by atoms with Crippen molar-refractivity contribution < 1.29 is 22.5 Å². The van der Waals surface area contributed by atoms with Gasteiger partial charge in [-0.3, -0.25) is 19.4 Å². The van der Waals surface area contributed by atoms with E-state index in [0.29, 0.717) is 30.3 Å². The van der Waals surface area contributed by atoms with Gasteiger partial charge in [-0.25, -0.2) is 0 Å². The van der Waals surface area contributed by atoms with E-state index in [-0.39, 0.29) is 17.7 Å². The van der Waals surface area contributed by atoms with Crippen LogP contribution in [0.4, 0.5) is 19.1 Å². The number of carbonyl (C=O) groups excluding carboxylic acids is 1. The third-order valence-corrected chi connectivity index (χ3v) is 5.38. The van der Waals surface area contributed by atoms with E-state index in [2.05, 4.69) is 20.7 Å². The lowest BCUT2D eigenvalue weighted by molar-refractivity contribution is -0.137. The molecule has 0 spiro atoms. The van der Waals surface area contributed by atoms with Crippen molar-refractivity contribution in [2.24, 2.45) is 0 Å². The molecule has 0 aromatic carbocycles. The fourth-order valence-electron chi connectivity index (χ4n) is 3.74. The molecule has 1 amide bonds. The van der Waals surface area contributed by atoms with E-state index < -0.39 is 17.8 Å². The van der Waals surface area contributed by atoms with Crippen LogP contribution in [0.15, 0.2) is 28.9 Å². The highest BCUT2D eigenvalue weighted by Gasteiger charge is 2.33. The van der Waals surface area contributed by atoms with Crippen LogP contribution in [-0.4, -0.2) is 49.7 Å². The number of halogens is 3. The summed E-state index contributed by atoms with van der Waals surface area (Å²) in [5.74, 6) is 0.373. The van der Waals surface area contributed by atoms with E-state index in [1.54, 1.807) is 19.9 Å². The molecule has 1 aliphatic heterocycles. The van der Waals surface area contributed by atoms with E-state index in [9.17, 15) is 18.0 Å². The number of amides is 1. The number of fused-ring (bicyclic) bond motifs is 1. The van der Waals surface area contributed by atoms with Gasteiger partial charge in [0.25, 0.3) is 0 Å². The summed E-state index contributed by atoms with van der Waals surface area (Å²) in [6, 6.07) is 3.49. The lowest BCUT2D eigenvalue weighted by atomic mass is 9.96. The molecule has 2 unspecified atom stereocenters. The standard InChI is InChI=1S/C19H21F3N6O2/c1-11-8-16(30-26-11)23-18(29)12(2)27-7-3-4-13(9-27)17-25-24-15-6-5-14(10-28(15)17)19(20,21)22/h5-6,8,10,12-13H,3-4,7,9H2,1-2H3,(H,23,29). The number of nitrogens with one attached hydrogen (secondary N) is 1. The monoisotopic (exact) mass is 422 g/mol. The van der Waals surface area contributed by atoms with E-state index in [0.717, 1.165) is 25.1 Å². The van der Waals surface area contributed by atoms with Crippen LogP contribution < -0.4 is 5.32 Å². The Morgan fingerprint density at radius 1 is 1.33 bits per heavy atom. The number of likely N-dealkylation sites (tertiary alicyclic amines) is 1. The number of alkyl halides is 3. The number of hydrogen-bond acceptors (Lipinski definition) is 6. The summed E-state index contributed by atoms with van der Waals surface area (Å²) < 4.78 is 45.8. The summed E-state index contributed by atoms with van der Waals surface area (Å²) in [7, 11) is 0. The highest BCUT2D eigenvalue weighted by atomic mass is 19.4. The lowest BCUT2D eigenvalue weighted by Gasteiger charge is -2.35. The smallest absolute Gasteiger partial charge is 0.338 e. The predicted molar refractivity (Wildman–Crippen MR) is 101 cm³/mol. The minimum absolute atomic E-state index is 0.139. The fraction of sp³-hybridized carbons (Fsp3) is 0.474. The fourth-order valence-corrected chi connectivity index (χ4v) is 3.74. The first-order valence-electron chi connectivity index (χ1n) is 9.62. The SMILES string of the molecule is Cc1cc(NC(=O)C(C)N2CCCC(c3nnc4ccc(C(F)(F)F)cn34)C2)on1. The first-order valence-corrected chi connectivity index (χ1v) is 9.62. The number of aryl methyl sites for hydroxylation is 1. The zero-order chi connectivity index (χ0) is 21.5. The first-order chi connectivity index (χ1) is 14.2. The molecule has 1 fully saturated rings. The number of carbonyl (C=O) groups is 1. The van der Waals surface area contributed by atoms with Crippen molar-refractivity contribution in [1.29, 1.82) is 0 Å². The Balaban J connectivity index is 1.51. The van der Waals surface area contributed by atoms with Gasteiger partial charge < -0.3 is 4.52 Å². The average Bonchev–Trinajstić information content (AvgIpc) is 3.32. The molecule has 160 valence electrons. The lowest BCUT2D eigenvalue weighted by Crippen LogP contribution is -2.46. The number of anilines is 1. The second-order valence-corrected chi connectivity index (χ2v) is 7.53. The zero-order valence-corrected chi connectivity index (χ0v) is 16.5. The molecule has 1 aliphatic rings. The molecule has 3 aromatic rings. The van der Waals surface area contributed by atoms with Crippen LogP contribution in [0.25, 0.3) is 5.65 Å². The number of nitrogens with zero attached hydrogens (tertiary/aromatic N) is 5. The number of rotatable bonds is 4. The molecule has 30 heavy (non-hydrogen) atoms. The Morgan fingerprint density at radius 3 is 2.83 bits per heavy atom. The number of aromatic nitrogens is 4. The van der Waals surface area contributed by atoms with Gasteiger partial charge in [-0.2, -0.15) is 13.2 Å². The van der Waals surface area contributed by atoms with Gasteiger partial charge in [0.05, 0.1) is 17.3 Å². The molecule has 1 saturated heterocycles. The number of pyridine rings is 1. The second kappa shape index (κ2) is 7.71. The van der Waals surface area contributed by atoms with Crippen LogP contribution in [-0.2, 0) is 11.0 Å². The second-order valence-electron chi connectivity index (χ2n) is 7.53. The van der Waals surface area contributed by atoms with Gasteiger partial charge in [0, 0.05) is 24.7 Å². The van der Waals surface area contributed by atoms with E-state index in [1.807, 2.05) is 4.90 Å². The number of piperidine rings is 1. The molecule has 3 aromatic heterocycles. The zero-order valence-electron chi connectivity index (χ0n) is 16.5.